The number of carboxylic acids is 1. The molecule has 1 heterocycles. The number of carbonyl (C=O) groups excluding carboxylic acids is 1. The van der Waals surface area contributed by atoms with Crippen molar-refractivity contribution >= 4 is 17.6 Å². The smallest absolute Gasteiger partial charge is 0.309 e. The summed E-state index contributed by atoms with van der Waals surface area (Å²) >= 11 is 0. The van der Waals surface area contributed by atoms with Gasteiger partial charge in [0.2, 0.25) is 5.91 Å². The average Bonchev–Trinajstić information content (AvgIpc) is 2.89. The summed E-state index contributed by atoms with van der Waals surface area (Å²) < 4.78 is 0. The maximum absolute atomic E-state index is 12.3. The number of aliphatic carboxylic acids is 1. The molecule has 1 aromatic rings. The van der Waals surface area contributed by atoms with E-state index in [-0.39, 0.29) is 18.2 Å². The summed E-state index contributed by atoms with van der Waals surface area (Å²) in [7, 11) is 0. The van der Waals surface area contributed by atoms with Crippen LogP contribution in [0.2, 0.25) is 0 Å². The Balaban J connectivity index is 1.38. The zero-order valence-corrected chi connectivity index (χ0v) is 11.7. The fourth-order valence-corrected chi connectivity index (χ4v) is 4.66. The number of fused-ring (bicyclic) bond motifs is 5. The third-order valence-corrected chi connectivity index (χ3v) is 5.46. The Hall–Kier alpha value is -1.91. The van der Waals surface area contributed by atoms with Crippen LogP contribution in [0.15, 0.2) is 18.3 Å². The molecular formula is C16H18N2O3. The quantitative estimate of drug-likeness (QED) is 0.886. The fourth-order valence-electron chi connectivity index (χ4n) is 4.66. The van der Waals surface area contributed by atoms with E-state index in [1.807, 2.05) is 0 Å². The number of aromatic nitrogens is 1. The van der Waals surface area contributed by atoms with Gasteiger partial charge >= 0.3 is 5.97 Å². The lowest BCUT2D eigenvalue weighted by Crippen LogP contribution is -2.18. The maximum atomic E-state index is 12.3. The number of carboxylic acid groups (broad SMARTS) is 1. The SMILES string of the molecule is O=C(O)Cc1ccc(NC(=O)C2C3C4CCC(C4)C23)cn1. The van der Waals surface area contributed by atoms with Crippen LogP contribution in [0.5, 0.6) is 0 Å². The van der Waals surface area contributed by atoms with Gasteiger partial charge in [-0.25, -0.2) is 0 Å². The van der Waals surface area contributed by atoms with Crippen LogP contribution in [0.25, 0.3) is 0 Å². The van der Waals surface area contributed by atoms with Crippen LogP contribution < -0.4 is 5.32 Å². The van der Waals surface area contributed by atoms with Crippen molar-refractivity contribution in [2.24, 2.45) is 29.6 Å². The van der Waals surface area contributed by atoms with Gasteiger partial charge < -0.3 is 10.4 Å². The molecule has 2 bridgehead atoms. The molecule has 1 aromatic heterocycles. The van der Waals surface area contributed by atoms with Crippen molar-refractivity contribution in [1.29, 1.82) is 0 Å². The lowest BCUT2D eigenvalue weighted by atomic mass is 10.0. The summed E-state index contributed by atoms with van der Waals surface area (Å²) in [5, 5.41) is 11.6. The van der Waals surface area contributed by atoms with Gasteiger partial charge in [-0.1, -0.05) is 0 Å². The van der Waals surface area contributed by atoms with Crippen molar-refractivity contribution in [2.75, 3.05) is 5.32 Å². The van der Waals surface area contributed by atoms with Crippen LogP contribution in [0.4, 0.5) is 5.69 Å². The Morgan fingerprint density at radius 1 is 1.24 bits per heavy atom. The molecule has 4 atom stereocenters. The van der Waals surface area contributed by atoms with Crippen molar-refractivity contribution in [2.45, 2.75) is 25.7 Å². The highest BCUT2D eigenvalue weighted by molar-refractivity contribution is 5.95. The predicted molar refractivity (Wildman–Crippen MR) is 75.5 cm³/mol. The monoisotopic (exact) mass is 286 g/mol. The lowest BCUT2D eigenvalue weighted by molar-refractivity contribution is -0.136. The zero-order chi connectivity index (χ0) is 14.6. The molecule has 5 nitrogen and oxygen atoms in total. The number of hydrogen-bond acceptors (Lipinski definition) is 3. The molecule has 3 saturated carbocycles. The van der Waals surface area contributed by atoms with E-state index in [1.54, 1.807) is 18.3 Å². The second-order valence-corrected chi connectivity index (χ2v) is 6.61. The minimum Gasteiger partial charge on any atom is -0.481 e. The molecule has 5 heteroatoms. The summed E-state index contributed by atoms with van der Waals surface area (Å²) in [4.78, 5) is 27.0. The standard InChI is InChI=1S/C16H18N2O3/c19-12(20)6-10-3-4-11(7-17-10)18-16(21)15-13-8-1-2-9(5-8)14(13)15/h3-4,7-9,13-15H,1-2,5-6H2,(H,18,21)(H,19,20). The molecule has 0 radical (unpaired) electrons. The molecular weight excluding hydrogens is 268 g/mol. The minimum atomic E-state index is -0.902. The molecule has 21 heavy (non-hydrogen) atoms. The molecule has 1 amide bonds. The summed E-state index contributed by atoms with van der Waals surface area (Å²) in [6, 6.07) is 3.39. The third-order valence-electron chi connectivity index (χ3n) is 5.46. The Labute approximate surface area is 122 Å². The van der Waals surface area contributed by atoms with E-state index in [4.69, 9.17) is 5.11 Å². The fraction of sp³-hybridized carbons (Fsp3) is 0.562. The number of anilines is 1. The Kier molecular flexibility index (Phi) is 2.77. The number of nitrogens with one attached hydrogen (secondary N) is 1. The highest BCUT2D eigenvalue weighted by Crippen LogP contribution is 2.69. The number of pyridine rings is 1. The Bertz CT molecular complexity index is 582. The van der Waals surface area contributed by atoms with Gasteiger partial charge in [-0.15, -0.1) is 0 Å². The summed E-state index contributed by atoms with van der Waals surface area (Å²) in [6.45, 7) is 0. The number of hydrogen-bond donors (Lipinski definition) is 2. The van der Waals surface area contributed by atoms with Crippen molar-refractivity contribution in [3.05, 3.63) is 24.0 Å². The normalized spacial score (nSPS) is 35.3. The van der Waals surface area contributed by atoms with Crippen molar-refractivity contribution in [3.63, 3.8) is 0 Å². The topological polar surface area (TPSA) is 79.3 Å². The molecule has 0 spiro atoms. The van der Waals surface area contributed by atoms with Crippen molar-refractivity contribution in [1.82, 2.24) is 4.98 Å². The Morgan fingerprint density at radius 3 is 2.52 bits per heavy atom. The summed E-state index contributed by atoms with van der Waals surface area (Å²) in [5.74, 6) is 2.24. The minimum absolute atomic E-state index is 0.0929. The Morgan fingerprint density at radius 2 is 1.95 bits per heavy atom. The second kappa shape index (κ2) is 4.55. The molecule has 3 fully saturated rings. The van der Waals surface area contributed by atoms with E-state index in [0.717, 1.165) is 11.8 Å². The van der Waals surface area contributed by atoms with Crippen LogP contribution in [-0.4, -0.2) is 22.0 Å². The molecule has 0 aromatic carbocycles. The molecule has 0 saturated heterocycles. The predicted octanol–water partition coefficient (Wildman–Crippen LogP) is 1.94. The van der Waals surface area contributed by atoms with Crippen molar-refractivity contribution < 1.29 is 14.7 Å². The van der Waals surface area contributed by atoms with Crippen LogP contribution >= 0.6 is 0 Å². The van der Waals surface area contributed by atoms with Crippen LogP contribution in [0.1, 0.15) is 25.0 Å². The van der Waals surface area contributed by atoms with Crippen LogP contribution in [0.3, 0.4) is 0 Å². The zero-order valence-electron chi connectivity index (χ0n) is 11.7. The van der Waals surface area contributed by atoms with Gasteiger partial charge in [0, 0.05) is 5.92 Å². The lowest BCUT2D eigenvalue weighted by Gasteiger charge is -2.09. The number of carbonyl (C=O) groups is 2. The number of amides is 1. The van der Waals surface area contributed by atoms with Crippen LogP contribution in [0, 0.1) is 29.6 Å². The van der Waals surface area contributed by atoms with E-state index in [9.17, 15) is 9.59 Å². The highest BCUT2D eigenvalue weighted by atomic mass is 16.4. The molecule has 3 aliphatic rings. The molecule has 4 rings (SSSR count). The first-order chi connectivity index (χ1) is 10.1. The van der Waals surface area contributed by atoms with Crippen LogP contribution in [-0.2, 0) is 16.0 Å². The van der Waals surface area contributed by atoms with E-state index >= 15 is 0 Å². The first-order valence-corrected chi connectivity index (χ1v) is 7.61. The van der Waals surface area contributed by atoms with E-state index in [1.165, 1.54) is 19.3 Å². The number of rotatable bonds is 4. The molecule has 0 aliphatic heterocycles. The van der Waals surface area contributed by atoms with Gasteiger partial charge in [-0.05, 0) is 55.1 Å². The summed E-state index contributed by atoms with van der Waals surface area (Å²) in [6.07, 6.45) is 5.40. The molecule has 110 valence electrons. The maximum Gasteiger partial charge on any atom is 0.309 e. The van der Waals surface area contributed by atoms with E-state index < -0.39 is 5.97 Å². The van der Waals surface area contributed by atoms with Gasteiger partial charge in [-0.3, -0.25) is 14.6 Å². The first kappa shape index (κ1) is 12.8. The summed E-state index contributed by atoms with van der Waals surface area (Å²) in [5.41, 5.74) is 1.16. The van der Waals surface area contributed by atoms with Gasteiger partial charge in [0.25, 0.3) is 0 Å². The average molecular weight is 286 g/mol. The highest BCUT2D eigenvalue weighted by Gasteiger charge is 2.67. The largest absolute Gasteiger partial charge is 0.481 e. The van der Waals surface area contributed by atoms with E-state index in [0.29, 0.717) is 23.2 Å². The van der Waals surface area contributed by atoms with Gasteiger partial charge in [0.15, 0.2) is 0 Å². The van der Waals surface area contributed by atoms with Crippen molar-refractivity contribution in [3.8, 4) is 0 Å². The number of nitrogens with zero attached hydrogens (tertiary/aromatic N) is 1. The third kappa shape index (κ3) is 2.11. The van der Waals surface area contributed by atoms with Gasteiger partial charge in [0.05, 0.1) is 24.0 Å². The molecule has 4 unspecified atom stereocenters. The van der Waals surface area contributed by atoms with E-state index in [2.05, 4.69) is 10.3 Å². The van der Waals surface area contributed by atoms with Gasteiger partial charge in [-0.2, -0.15) is 0 Å². The van der Waals surface area contributed by atoms with Gasteiger partial charge in [0.1, 0.15) is 0 Å². The molecule has 3 aliphatic carbocycles. The second-order valence-electron chi connectivity index (χ2n) is 6.61. The first-order valence-electron chi connectivity index (χ1n) is 7.61. The molecule has 2 N–H and O–H groups in total.